The molecule has 0 radical (unpaired) electrons. The van der Waals surface area contributed by atoms with Crippen LogP contribution >= 0.6 is 15.9 Å². The van der Waals surface area contributed by atoms with Crippen LogP contribution in [0.25, 0.3) is 0 Å². The van der Waals surface area contributed by atoms with E-state index < -0.39 is 4.92 Å². The molecule has 0 saturated heterocycles. The molecule has 0 bridgehead atoms. The monoisotopic (exact) mass is 363 g/mol. The lowest BCUT2D eigenvalue weighted by Gasteiger charge is -2.08. The molecule has 0 fully saturated rings. The van der Waals surface area contributed by atoms with Gasteiger partial charge in [-0.1, -0.05) is 28.1 Å². The third-order valence-corrected chi connectivity index (χ3v) is 3.46. The number of halogens is 1. The summed E-state index contributed by atoms with van der Waals surface area (Å²) in [7, 11) is 0. The Morgan fingerprint density at radius 2 is 1.77 bits per heavy atom. The van der Waals surface area contributed by atoms with Gasteiger partial charge in [-0.3, -0.25) is 14.9 Å². The molecule has 0 heterocycles. The molecule has 114 valence electrons. The van der Waals surface area contributed by atoms with Crippen molar-refractivity contribution in [2.75, 3.05) is 18.4 Å². The van der Waals surface area contributed by atoms with Crippen LogP contribution in [0.3, 0.4) is 0 Å². The first kappa shape index (κ1) is 16.0. The van der Waals surface area contributed by atoms with Gasteiger partial charge in [0.1, 0.15) is 5.69 Å². The van der Waals surface area contributed by atoms with Crippen LogP contribution in [0, 0.1) is 10.1 Å². The lowest BCUT2D eigenvalue weighted by atomic mass is 10.2. The Morgan fingerprint density at radius 1 is 1.09 bits per heavy atom. The van der Waals surface area contributed by atoms with Crippen LogP contribution in [0.5, 0.6) is 0 Å². The number of hydrogen-bond acceptors (Lipinski definition) is 4. The van der Waals surface area contributed by atoms with Crippen molar-refractivity contribution in [3.8, 4) is 0 Å². The topological polar surface area (TPSA) is 84.3 Å². The highest BCUT2D eigenvalue weighted by Crippen LogP contribution is 2.22. The van der Waals surface area contributed by atoms with Gasteiger partial charge in [-0.05, 0) is 30.3 Å². The third kappa shape index (κ3) is 4.29. The van der Waals surface area contributed by atoms with Crippen molar-refractivity contribution in [3.05, 3.63) is 68.7 Å². The molecule has 7 heteroatoms. The highest BCUT2D eigenvalue weighted by atomic mass is 79.9. The summed E-state index contributed by atoms with van der Waals surface area (Å²) in [6, 6.07) is 13.4. The van der Waals surface area contributed by atoms with E-state index in [1.54, 1.807) is 42.5 Å². The number of hydrogen-bond donors (Lipinski definition) is 2. The first-order chi connectivity index (χ1) is 10.6. The standard InChI is InChI=1S/C15H14BrN3O3/c16-12-7-5-11(6-8-12)15(20)18-10-9-17-13-3-1-2-4-14(13)19(21)22/h1-8,17H,9-10H2,(H,18,20). The smallest absolute Gasteiger partial charge is 0.292 e. The van der Waals surface area contributed by atoms with Gasteiger partial charge in [0.15, 0.2) is 0 Å². The zero-order valence-electron chi connectivity index (χ0n) is 11.6. The average Bonchev–Trinajstić information content (AvgIpc) is 2.52. The fourth-order valence-corrected chi connectivity index (χ4v) is 2.12. The van der Waals surface area contributed by atoms with Crippen LogP contribution in [0.1, 0.15) is 10.4 Å². The summed E-state index contributed by atoms with van der Waals surface area (Å²) in [6.07, 6.45) is 0. The molecule has 0 aliphatic heterocycles. The Hall–Kier alpha value is -2.41. The number of nitro benzene ring substituents is 1. The second-order valence-electron chi connectivity index (χ2n) is 4.46. The first-order valence-corrected chi connectivity index (χ1v) is 7.38. The van der Waals surface area contributed by atoms with Crippen molar-refractivity contribution < 1.29 is 9.72 Å². The number of nitrogens with one attached hydrogen (secondary N) is 2. The average molecular weight is 364 g/mol. The van der Waals surface area contributed by atoms with Gasteiger partial charge in [0.05, 0.1) is 4.92 Å². The molecule has 0 unspecified atom stereocenters. The van der Waals surface area contributed by atoms with Gasteiger partial charge in [-0.2, -0.15) is 0 Å². The van der Waals surface area contributed by atoms with E-state index in [0.717, 1.165) is 4.47 Å². The van der Waals surface area contributed by atoms with Gasteiger partial charge in [-0.15, -0.1) is 0 Å². The highest BCUT2D eigenvalue weighted by Gasteiger charge is 2.11. The summed E-state index contributed by atoms with van der Waals surface area (Å²) >= 11 is 3.31. The minimum absolute atomic E-state index is 0.0155. The maximum atomic E-state index is 11.9. The molecule has 2 rings (SSSR count). The maximum absolute atomic E-state index is 11.9. The lowest BCUT2D eigenvalue weighted by molar-refractivity contribution is -0.384. The second-order valence-corrected chi connectivity index (χ2v) is 5.38. The van der Waals surface area contributed by atoms with E-state index in [1.165, 1.54) is 6.07 Å². The van der Waals surface area contributed by atoms with Crippen molar-refractivity contribution in [2.24, 2.45) is 0 Å². The molecule has 6 nitrogen and oxygen atoms in total. The van der Waals surface area contributed by atoms with E-state index in [0.29, 0.717) is 24.3 Å². The van der Waals surface area contributed by atoms with Gasteiger partial charge in [0, 0.05) is 29.2 Å². The Kier molecular flexibility index (Phi) is 5.48. The zero-order valence-corrected chi connectivity index (χ0v) is 13.2. The number of benzene rings is 2. The molecule has 2 N–H and O–H groups in total. The van der Waals surface area contributed by atoms with Crippen molar-refractivity contribution in [1.29, 1.82) is 0 Å². The third-order valence-electron chi connectivity index (χ3n) is 2.93. The van der Waals surface area contributed by atoms with Gasteiger partial charge in [-0.25, -0.2) is 0 Å². The van der Waals surface area contributed by atoms with Crippen molar-refractivity contribution >= 4 is 33.2 Å². The van der Waals surface area contributed by atoms with Gasteiger partial charge in [0.2, 0.25) is 0 Å². The summed E-state index contributed by atoms with van der Waals surface area (Å²) < 4.78 is 0.905. The number of nitro groups is 1. The normalized spacial score (nSPS) is 10.0. The Bertz CT molecular complexity index is 674. The highest BCUT2D eigenvalue weighted by molar-refractivity contribution is 9.10. The quantitative estimate of drug-likeness (QED) is 0.468. The Morgan fingerprint density at radius 3 is 2.45 bits per heavy atom. The van der Waals surface area contributed by atoms with Gasteiger partial charge >= 0.3 is 0 Å². The van der Waals surface area contributed by atoms with Crippen LogP contribution < -0.4 is 10.6 Å². The van der Waals surface area contributed by atoms with Crippen LogP contribution in [-0.2, 0) is 0 Å². The minimum atomic E-state index is -0.442. The predicted octanol–water partition coefficient (Wildman–Crippen LogP) is 3.20. The molecule has 0 spiro atoms. The Labute approximate surface area is 135 Å². The van der Waals surface area contributed by atoms with E-state index in [2.05, 4.69) is 26.6 Å². The minimum Gasteiger partial charge on any atom is -0.378 e. The summed E-state index contributed by atoms with van der Waals surface area (Å²) in [4.78, 5) is 22.3. The fraction of sp³-hybridized carbons (Fsp3) is 0.133. The summed E-state index contributed by atoms with van der Waals surface area (Å²) in [5, 5.41) is 16.6. The van der Waals surface area contributed by atoms with Crippen molar-refractivity contribution in [2.45, 2.75) is 0 Å². The van der Waals surface area contributed by atoms with E-state index in [-0.39, 0.29) is 11.6 Å². The zero-order chi connectivity index (χ0) is 15.9. The van der Waals surface area contributed by atoms with Crippen LogP contribution in [0.2, 0.25) is 0 Å². The molecule has 2 aromatic carbocycles. The molecule has 0 aliphatic rings. The molecule has 1 amide bonds. The van der Waals surface area contributed by atoms with E-state index in [1.807, 2.05) is 0 Å². The lowest BCUT2D eigenvalue weighted by Crippen LogP contribution is -2.28. The summed E-state index contributed by atoms with van der Waals surface area (Å²) in [5.41, 5.74) is 1.01. The molecule has 2 aromatic rings. The molecular weight excluding hydrogens is 350 g/mol. The van der Waals surface area contributed by atoms with E-state index in [9.17, 15) is 14.9 Å². The SMILES string of the molecule is O=C(NCCNc1ccccc1[N+](=O)[O-])c1ccc(Br)cc1. The Balaban J connectivity index is 1.83. The van der Waals surface area contributed by atoms with Crippen LogP contribution in [0.15, 0.2) is 53.0 Å². The van der Waals surface area contributed by atoms with Crippen LogP contribution in [-0.4, -0.2) is 23.9 Å². The fourth-order valence-electron chi connectivity index (χ4n) is 1.86. The van der Waals surface area contributed by atoms with Gasteiger partial charge in [0.25, 0.3) is 11.6 Å². The first-order valence-electron chi connectivity index (χ1n) is 6.59. The van der Waals surface area contributed by atoms with Crippen molar-refractivity contribution in [3.63, 3.8) is 0 Å². The number of carbonyl (C=O) groups is 1. The maximum Gasteiger partial charge on any atom is 0.292 e. The summed E-state index contributed by atoms with van der Waals surface area (Å²) in [6.45, 7) is 0.758. The summed E-state index contributed by atoms with van der Waals surface area (Å²) in [5.74, 6) is -0.183. The molecular formula is C15H14BrN3O3. The van der Waals surface area contributed by atoms with E-state index >= 15 is 0 Å². The van der Waals surface area contributed by atoms with Crippen molar-refractivity contribution in [1.82, 2.24) is 5.32 Å². The predicted molar refractivity (Wildman–Crippen MR) is 88.1 cm³/mol. The molecule has 22 heavy (non-hydrogen) atoms. The van der Waals surface area contributed by atoms with Crippen LogP contribution in [0.4, 0.5) is 11.4 Å². The molecule has 0 aliphatic carbocycles. The number of anilines is 1. The number of nitrogens with zero attached hydrogens (tertiary/aromatic N) is 1. The molecule has 0 aromatic heterocycles. The number of amides is 1. The number of rotatable bonds is 6. The number of para-hydroxylation sites is 2. The largest absolute Gasteiger partial charge is 0.378 e. The van der Waals surface area contributed by atoms with Gasteiger partial charge < -0.3 is 10.6 Å². The number of carbonyl (C=O) groups excluding carboxylic acids is 1. The molecule has 0 saturated carbocycles. The molecule has 0 atom stereocenters. The van der Waals surface area contributed by atoms with E-state index in [4.69, 9.17) is 0 Å². The second kappa shape index (κ2) is 7.56.